The van der Waals surface area contributed by atoms with Gasteiger partial charge < -0.3 is 24.8 Å². The Bertz CT molecular complexity index is 1250. The Morgan fingerprint density at radius 2 is 1.89 bits per heavy atom. The first kappa shape index (κ1) is 27.3. The first-order valence-electron chi connectivity index (χ1n) is 12.5. The van der Waals surface area contributed by atoms with Gasteiger partial charge in [0.1, 0.15) is 17.3 Å². The van der Waals surface area contributed by atoms with Crippen molar-refractivity contribution in [2.24, 2.45) is 0 Å². The quantitative estimate of drug-likeness (QED) is 0.363. The lowest BCUT2D eigenvalue weighted by molar-refractivity contribution is 0.201. The summed E-state index contributed by atoms with van der Waals surface area (Å²) in [6, 6.07) is 12.5. The standard InChI is InChI=1S/C27H33ClN6O4/c1-4-11-32-12-14-33(15-13-32)23-7-5-20(17-22(23)28)30-26-29-10-9-25(31-26)34(27(35)36)18-19-16-21(37-2)6-8-24(19)38-3/h5-10,16-17H,4,11-15,18H2,1-3H3,(H,35,36)(H,29,30,31). The maximum atomic E-state index is 12.2. The molecule has 1 saturated heterocycles. The van der Waals surface area contributed by atoms with E-state index >= 15 is 0 Å². The van der Waals surface area contributed by atoms with Gasteiger partial charge in [-0.15, -0.1) is 0 Å². The Morgan fingerprint density at radius 3 is 2.55 bits per heavy atom. The van der Waals surface area contributed by atoms with Gasteiger partial charge in [-0.05, 0) is 55.4 Å². The van der Waals surface area contributed by atoms with Gasteiger partial charge in [0.15, 0.2) is 0 Å². The molecule has 1 aliphatic rings. The highest BCUT2D eigenvalue weighted by molar-refractivity contribution is 6.33. The fraction of sp³-hybridized carbons (Fsp3) is 0.370. The van der Waals surface area contributed by atoms with Gasteiger partial charge in [0.05, 0.1) is 31.5 Å². The Labute approximate surface area is 227 Å². The van der Waals surface area contributed by atoms with E-state index in [1.165, 1.54) is 13.3 Å². The minimum Gasteiger partial charge on any atom is -0.497 e. The van der Waals surface area contributed by atoms with Crippen LogP contribution < -0.4 is 24.6 Å². The number of carboxylic acid groups (broad SMARTS) is 1. The average Bonchev–Trinajstić information content (AvgIpc) is 2.92. The lowest BCUT2D eigenvalue weighted by Gasteiger charge is -2.36. The molecule has 2 N–H and O–H groups in total. The molecule has 0 bridgehead atoms. The number of nitrogens with one attached hydrogen (secondary N) is 1. The Morgan fingerprint density at radius 1 is 1.11 bits per heavy atom. The molecule has 1 aromatic heterocycles. The fourth-order valence-electron chi connectivity index (χ4n) is 4.48. The van der Waals surface area contributed by atoms with Gasteiger partial charge in [-0.2, -0.15) is 4.98 Å². The Hall–Kier alpha value is -3.76. The molecule has 0 unspecified atom stereocenters. The van der Waals surface area contributed by atoms with Gasteiger partial charge >= 0.3 is 6.09 Å². The summed E-state index contributed by atoms with van der Waals surface area (Å²) >= 11 is 6.65. The zero-order valence-electron chi connectivity index (χ0n) is 21.9. The van der Waals surface area contributed by atoms with Crippen molar-refractivity contribution in [3.63, 3.8) is 0 Å². The molecular weight excluding hydrogens is 508 g/mol. The number of amides is 1. The normalized spacial score (nSPS) is 13.7. The van der Waals surface area contributed by atoms with E-state index in [2.05, 4.69) is 32.0 Å². The minimum absolute atomic E-state index is 0.0121. The molecule has 0 radical (unpaired) electrons. The number of piperazine rings is 1. The zero-order valence-corrected chi connectivity index (χ0v) is 22.6. The van der Waals surface area contributed by atoms with Gasteiger partial charge in [0.2, 0.25) is 5.95 Å². The predicted octanol–water partition coefficient (Wildman–Crippen LogP) is 5.11. The molecule has 2 aromatic carbocycles. The molecule has 0 saturated carbocycles. The smallest absolute Gasteiger partial charge is 0.413 e. The van der Waals surface area contributed by atoms with E-state index in [1.807, 2.05) is 18.2 Å². The number of rotatable bonds is 10. The van der Waals surface area contributed by atoms with E-state index in [-0.39, 0.29) is 18.3 Å². The fourth-order valence-corrected chi connectivity index (χ4v) is 4.78. The monoisotopic (exact) mass is 540 g/mol. The highest BCUT2D eigenvalue weighted by Crippen LogP contribution is 2.31. The van der Waals surface area contributed by atoms with E-state index in [1.54, 1.807) is 31.4 Å². The topological polar surface area (TPSA) is 103 Å². The minimum atomic E-state index is -1.16. The third kappa shape index (κ3) is 6.56. The number of carbonyl (C=O) groups is 1. The second-order valence-corrected chi connectivity index (χ2v) is 9.31. The van der Waals surface area contributed by atoms with E-state index < -0.39 is 6.09 Å². The van der Waals surface area contributed by atoms with Crippen LogP contribution in [0.15, 0.2) is 48.7 Å². The largest absolute Gasteiger partial charge is 0.497 e. The van der Waals surface area contributed by atoms with Crippen LogP contribution >= 0.6 is 11.6 Å². The van der Waals surface area contributed by atoms with Crippen molar-refractivity contribution in [2.75, 3.05) is 62.1 Å². The van der Waals surface area contributed by atoms with E-state index in [0.29, 0.717) is 27.8 Å². The molecule has 0 spiro atoms. The van der Waals surface area contributed by atoms with Crippen LogP contribution in [0.25, 0.3) is 0 Å². The van der Waals surface area contributed by atoms with Crippen molar-refractivity contribution in [1.29, 1.82) is 0 Å². The van der Waals surface area contributed by atoms with Crippen LogP contribution in [0.4, 0.5) is 27.9 Å². The van der Waals surface area contributed by atoms with Gasteiger partial charge in [-0.25, -0.2) is 9.78 Å². The molecule has 202 valence electrons. The number of hydrogen-bond donors (Lipinski definition) is 2. The number of anilines is 4. The lowest BCUT2D eigenvalue weighted by Crippen LogP contribution is -2.46. The zero-order chi connectivity index (χ0) is 27.1. The van der Waals surface area contributed by atoms with Crippen LogP contribution in [0.5, 0.6) is 11.5 Å². The van der Waals surface area contributed by atoms with Gasteiger partial charge in [-0.1, -0.05) is 18.5 Å². The summed E-state index contributed by atoms with van der Waals surface area (Å²) in [7, 11) is 3.08. The highest BCUT2D eigenvalue weighted by Gasteiger charge is 2.21. The molecule has 38 heavy (non-hydrogen) atoms. The van der Waals surface area contributed by atoms with Crippen molar-refractivity contribution in [2.45, 2.75) is 19.9 Å². The maximum absolute atomic E-state index is 12.2. The molecule has 4 rings (SSSR count). The number of methoxy groups -OCH3 is 2. The first-order chi connectivity index (χ1) is 18.4. The van der Waals surface area contributed by atoms with E-state index in [4.69, 9.17) is 21.1 Å². The summed E-state index contributed by atoms with van der Waals surface area (Å²) in [5.74, 6) is 1.61. The number of hydrogen-bond acceptors (Lipinski definition) is 8. The van der Waals surface area contributed by atoms with Gasteiger partial charge in [-0.3, -0.25) is 9.80 Å². The van der Waals surface area contributed by atoms with Crippen molar-refractivity contribution >= 4 is 40.8 Å². The van der Waals surface area contributed by atoms with E-state index in [9.17, 15) is 9.90 Å². The first-order valence-corrected chi connectivity index (χ1v) is 12.9. The molecule has 2 heterocycles. The molecule has 10 nitrogen and oxygen atoms in total. The number of nitrogens with zero attached hydrogens (tertiary/aromatic N) is 5. The Kier molecular flexibility index (Phi) is 9.09. The van der Waals surface area contributed by atoms with Crippen LogP contribution in [-0.4, -0.2) is 73.0 Å². The number of halogens is 1. The summed E-state index contributed by atoms with van der Waals surface area (Å²) in [5.41, 5.74) is 2.34. The molecule has 1 amide bonds. The van der Waals surface area contributed by atoms with Gasteiger partial charge in [0, 0.05) is 43.6 Å². The summed E-state index contributed by atoms with van der Waals surface area (Å²) in [6.07, 6.45) is 1.50. The summed E-state index contributed by atoms with van der Waals surface area (Å²) in [5, 5.41) is 13.7. The third-order valence-electron chi connectivity index (χ3n) is 6.42. The number of aromatic nitrogens is 2. The van der Waals surface area contributed by atoms with Crippen molar-refractivity contribution < 1.29 is 19.4 Å². The molecule has 0 atom stereocenters. The molecule has 3 aromatic rings. The van der Waals surface area contributed by atoms with Crippen LogP contribution in [0.2, 0.25) is 5.02 Å². The van der Waals surface area contributed by atoms with Crippen molar-refractivity contribution in [1.82, 2.24) is 14.9 Å². The van der Waals surface area contributed by atoms with Crippen LogP contribution in [0.1, 0.15) is 18.9 Å². The van der Waals surface area contributed by atoms with Crippen molar-refractivity contribution in [3.05, 3.63) is 59.2 Å². The maximum Gasteiger partial charge on any atom is 0.413 e. The van der Waals surface area contributed by atoms with Crippen LogP contribution in [0.3, 0.4) is 0 Å². The molecule has 11 heteroatoms. The van der Waals surface area contributed by atoms with E-state index in [0.717, 1.165) is 49.7 Å². The second kappa shape index (κ2) is 12.7. The second-order valence-electron chi connectivity index (χ2n) is 8.90. The lowest BCUT2D eigenvalue weighted by atomic mass is 10.1. The molecule has 1 fully saturated rings. The van der Waals surface area contributed by atoms with Crippen LogP contribution in [-0.2, 0) is 6.54 Å². The molecular formula is C27H33ClN6O4. The highest BCUT2D eigenvalue weighted by atomic mass is 35.5. The summed E-state index contributed by atoms with van der Waals surface area (Å²) in [4.78, 5) is 26.8. The summed E-state index contributed by atoms with van der Waals surface area (Å²) in [6.45, 7) is 7.24. The number of benzene rings is 2. The van der Waals surface area contributed by atoms with Gasteiger partial charge in [0.25, 0.3) is 0 Å². The summed E-state index contributed by atoms with van der Waals surface area (Å²) < 4.78 is 10.7. The Balaban J connectivity index is 1.49. The third-order valence-corrected chi connectivity index (χ3v) is 6.72. The predicted molar refractivity (Wildman–Crippen MR) is 149 cm³/mol. The number of ether oxygens (including phenoxy) is 2. The SMILES string of the molecule is CCCN1CCN(c2ccc(Nc3nccc(N(Cc4cc(OC)ccc4OC)C(=O)O)n3)cc2Cl)CC1. The van der Waals surface area contributed by atoms with Crippen molar-refractivity contribution in [3.8, 4) is 11.5 Å². The average molecular weight is 541 g/mol. The van der Waals surface area contributed by atoms with Crippen LogP contribution in [0, 0.1) is 0 Å². The molecule has 0 aliphatic carbocycles. The molecule has 1 aliphatic heterocycles.